The molecule has 5 aromatic rings. The molecule has 39 heavy (non-hydrogen) atoms. The number of benzene rings is 2. The van der Waals surface area contributed by atoms with E-state index in [1.54, 1.807) is 0 Å². The fraction of sp³-hybridized carbons (Fsp3) is 0.156. The van der Waals surface area contributed by atoms with Gasteiger partial charge in [-0.3, -0.25) is 4.98 Å². The first-order chi connectivity index (χ1) is 19.0. The van der Waals surface area contributed by atoms with E-state index in [1.807, 2.05) is 73.1 Å². The summed E-state index contributed by atoms with van der Waals surface area (Å²) in [6.45, 7) is 6.37. The third-order valence-electron chi connectivity index (χ3n) is 7.17. The highest BCUT2D eigenvalue weighted by Gasteiger charge is 2.42. The van der Waals surface area contributed by atoms with Crippen molar-refractivity contribution in [1.29, 1.82) is 0 Å². The average molecular weight is 532 g/mol. The molecule has 7 heteroatoms. The first-order valence-corrected chi connectivity index (χ1v) is 13.4. The van der Waals surface area contributed by atoms with Crippen LogP contribution in [0.1, 0.15) is 40.3 Å². The van der Waals surface area contributed by atoms with Crippen LogP contribution in [0.3, 0.4) is 0 Å². The number of nitrogens with one attached hydrogen (secondary N) is 1. The van der Waals surface area contributed by atoms with Crippen molar-refractivity contribution < 1.29 is 4.74 Å². The van der Waals surface area contributed by atoms with Crippen LogP contribution in [0.2, 0.25) is 0 Å². The Bertz CT molecular complexity index is 1620. The SMILES string of the molecule is Cc1cccnc1-n1c(C)cc([C@@H]2[C@@H](c3ccccn3)NC(=S)N2c2ccc(Oc3ccccc3)cc2)c1C. The topological polar surface area (TPSA) is 55.2 Å². The summed E-state index contributed by atoms with van der Waals surface area (Å²) in [5.74, 6) is 2.51. The monoisotopic (exact) mass is 531 g/mol. The number of rotatable bonds is 6. The fourth-order valence-electron chi connectivity index (χ4n) is 5.37. The van der Waals surface area contributed by atoms with Gasteiger partial charge in [-0.2, -0.15) is 0 Å². The summed E-state index contributed by atoms with van der Waals surface area (Å²) in [5.41, 5.74) is 6.46. The van der Waals surface area contributed by atoms with Crippen molar-refractivity contribution in [3.8, 4) is 17.3 Å². The van der Waals surface area contributed by atoms with E-state index in [2.05, 4.69) is 65.9 Å². The molecule has 3 aromatic heterocycles. The van der Waals surface area contributed by atoms with Gasteiger partial charge in [0.25, 0.3) is 0 Å². The molecule has 0 spiro atoms. The van der Waals surface area contributed by atoms with Crippen molar-refractivity contribution in [3.63, 3.8) is 0 Å². The molecule has 0 aliphatic carbocycles. The van der Waals surface area contributed by atoms with Crippen LogP contribution in [-0.2, 0) is 0 Å². The van der Waals surface area contributed by atoms with Gasteiger partial charge in [-0.25, -0.2) is 4.98 Å². The smallest absolute Gasteiger partial charge is 0.174 e. The van der Waals surface area contributed by atoms with E-state index >= 15 is 0 Å². The maximum absolute atomic E-state index is 6.04. The molecule has 0 unspecified atom stereocenters. The first-order valence-electron chi connectivity index (χ1n) is 13.0. The Hall–Kier alpha value is -4.49. The van der Waals surface area contributed by atoms with Crippen molar-refractivity contribution in [2.45, 2.75) is 32.9 Å². The zero-order chi connectivity index (χ0) is 26.9. The minimum absolute atomic E-state index is 0.114. The molecule has 1 N–H and O–H groups in total. The number of thiocarbonyl (C=S) groups is 1. The number of hydrogen-bond donors (Lipinski definition) is 1. The Labute approximate surface area is 233 Å². The Morgan fingerprint density at radius 1 is 0.795 bits per heavy atom. The van der Waals surface area contributed by atoms with Crippen molar-refractivity contribution in [3.05, 3.63) is 132 Å². The average Bonchev–Trinajstić information content (AvgIpc) is 3.45. The van der Waals surface area contributed by atoms with Crippen LogP contribution in [0.4, 0.5) is 5.69 Å². The summed E-state index contributed by atoms with van der Waals surface area (Å²) in [6.07, 6.45) is 3.67. The number of nitrogens with zero attached hydrogens (tertiary/aromatic N) is 4. The quantitative estimate of drug-likeness (QED) is 0.235. The summed E-state index contributed by atoms with van der Waals surface area (Å²) in [4.78, 5) is 11.6. The molecule has 194 valence electrons. The summed E-state index contributed by atoms with van der Waals surface area (Å²) in [5, 5.41) is 4.23. The second-order valence-electron chi connectivity index (χ2n) is 9.71. The van der Waals surface area contributed by atoms with E-state index in [1.165, 1.54) is 5.56 Å². The maximum Gasteiger partial charge on any atom is 0.174 e. The van der Waals surface area contributed by atoms with Crippen molar-refractivity contribution in [1.82, 2.24) is 19.9 Å². The summed E-state index contributed by atoms with van der Waals surface area (Å²) < 4.78 is 8.27. The minimum atomic E-state index is -0.127. The van der Waals surface area contributed by atoms with Crippen molar-refractivity contribution >= 4 is 23.0 Å². The molecule has 1 fully saturated rings. The van der Waals surface area contributed by atoms with Gasteiger partial charge in [0, 0.05) is 29.5 Å². The molecule has 6 nitrogen and oxygen atoms in total. The number of anilines is 1. The standard InChI is InChI=1S/C32H29N5OS/c1-21-10-9-19-34-31(21)36-22(2)20-27(23(36)3)30-29(28-13-7-8-18-33-28)35-32(39)37(30)24-14-16-26(17-15-24)38-25-11-5-4-6-12-25/h4-20,29-30H,1-3H3,(H,35,39)/t29-,30-/m1/s1. The highest BCUT2D eigenvalue weighted by atomic mass is 32.1. The lowest BCUT2D eigenvalue weighted by Gasteiger charge is -2.28. The number of para-hydroxylation sites is 1. The van der Waals surface area contributed by atoms with Gasteiger partial charge in [-0.15, -0.1) is 0 Å². The Kier molecular flexibility index (Phi) is 6.59. The van der Waals surface area contributed by atoms with Crippen molar-refractivity contribution in [2.75, 3.05) is 4.90 Å². The molecule has 0 amide bonds. The number of ether oxygens (including phenoxy) is 1. The molecule has 0 saturated carbocycles. The highest BCUT2D eigenvalue weighted by Crippen LogP contribution is 2.44. The van der Waals surface area contributed by atoms with Gasteiger partial charge in [-0.1, -0.05) is 30.3 Å². The van der Waals surface area contributed by atoms with Gasteiger partial charge in [-0.05, 0) is 105 Å². The van der Waals surface area contributed by atoms with Crippen LogP contribution >= 0.6 is 12.2 Å². The molecular formula is C32H29N5OS. The van der Waals surface area contributed by atoms with Gasteiger partial charge in [0.2, 0.25) is 0 Å². The van der Waals surface area contributed by atoms with Crippen LogP contribution < -0.4 is 15.0 Å². The number of pyridine rings is 2. The van der Waals surface area contributed by atoms with Gasteiger partial charge < -0.3 is 19.5 Å². The second kappa shape index (κ2) is 10.3. The predicted octanol–water partition coefficient (Wildman–Crippen LogP) is 7.16. The second-order valence-corrected chi connectivity index (χ2v) is 10.1. The first kappa shape index (κ1) is 24.8. The van der Waals surface area contributed by atoms with Crippen LogP contribution in [0, 0.1) is 20.8 Å². The fourth-order valence-corrected chi connectivity index (χ4v) is 5.72. The molecule has 0 bridgehead atoms. The number of aryl methyl sites for hydroxylation is 2. The van der Waals surface area contributed by atoms with E-state index < -0.39 is 0 Å². The van der Waals surface area contributed by atoms with E-state index in [-0.39, 0.29) is 12.1 Å². The van der Waals surface area contributed by atoms with Crippen LogP contribution in [0.15, 0.2) is 103 Å². The number of hydrogen-bond acceptors (Lipinski definition) is 4. The maximum atomic E-state index is 6.04. The molecule has 6 rings (SSSR count). The molecule has 1 saturated heterocycles. The van der Waals surface area contributed by atoms with Crippen molar-refractivity contribution in [2.24, 2.45) is 0 Å². The molecule has 0 radical (unpaired) electrons. The van der Waals surface area contributed by atoms with Gasteiger partial charge in [0.1, 0.15) is 17.3 Å². The van der Waals surface area contributed by atoms with Crippen LogP contribution in [-0.4, -0.2) is 19.6 Å². The van der Waals surface area contributed by atoms with E-state index in [4.69, 9.17) is 26.9 Å². The Morgan fingerprint density at radius 3 is 2.23 bits per heavy atom. The molecule has 2 aromatic carbocycles. The molecule has 4 heterocycles. The number of aromatic nitrogens is 3. The largest absolute Gasteiger partial charge is 0.457 e. The third kappa shape index (κ3) is 4.66. The Morgan fingerprint density at radius 2 is 1.51 bits per heavy atom. The van der Waals surface area contributed by atoms with Gasteiger partial charge >= 0.3 is 0 Å². The van der Waals surface area contributed by atoms with E-state index in [0.29, 0.717) is 5.11 Å². The molecular weight excluding hydrogens is 502 g/mol. The Balaban J connectivity index is 1.43. The lowest BCUT2D eigenvalue weighted by Crippen LogP contribution is -2.29. The van der Waals surface area contributed by atoms with Crippen LogP contribution in [0.5, 0.6) is 11.5 Å². The lowest BCUT2D eigenvalue weighted by molar-refractivity contribution is 0.482. The zero-order valence-electron chi connectivity index (χ0n) is 22.1. The zero-order valence-corrected chi connectivity index (χ0v) is 22.9. The van der Waals surface area contributed by atoms with E-state index in [9.17, 15) is 0 Å². The minimum Gasteiger partial charge on any atom is -0.457 e. The van der Waals surface area contributed by atoms with Gasteiger partial charge in [0.15, 0.2) is 5.11 Å². The molecule has 1 aliphatic heterocycles. The lowest BCUT2D eigenvalue weighted by atomic mass is 9.96. The molecule has 2 atom stereocenters. The summed E-state index contributed by atoms with van der Waals surface area (Å²) in [7, 11) is 0. The summed E-state index contributed by atoms with van der Waals surface area (Å²) >= 11 is 5.95. The molecule has 1 aliphatic rings. The predicted molar refractivity (Wildman–Crippen MR) is 159 cm³/mol. The summed E-state index contributed by atoms with van der Waals surface area (Å²) in [6, 6.07) is 29.9. The van der Waals surface area contributed by atoms with E-state index in [0.717, 1.165) is 45.6 Å². The third-order valence-corrected chi connectivity index (χ3v) is 7.49. The van der Waals surface area contributed by atoms with Gasteiger partial charge in [0.05, 0.1) is 17.8 Å². The highest BCUT2D eigenvalue weighted by molar-refractivity contribution is 7.80. The normalized spacial score (nSPS) is 16.8. The van der Waals surface area contributed by atoms with Crippen LogP contribution in [0.25, 0.3) is 5.82 Å².